The molecule has 0 saturated heterocycles. The van der Waals surface area contributed by atoms with Crippen molar-refractivity contribution in [1.82, 2.24) is 10.3 Å². The highest BCUT2D eigenvalue weighted by Crippen LogP contribution is 2.40. The summed E-state index contributed by atoms with van der Waals surface area (Å²) in [6, 6.07) is 10.7. The molecule has 1 aliphatic carbocycles. The first-order valence-electron chi connectivity index (χ1n) is 8.26. The lowest BCUT2D eigenvalue weighted by Gasteiger charge is -2.06. The third-order valence-corrected chi connectivity index (χ3v) is 4.89. The van der Waals surface area contributed by atoms with Crippen LogP contribution in [-0.2, 0) is 13.2 Å². The van der Waals surface area contributed by atoms with E-state index >= 15 is 0 Å². The fourth-order valence-electron chi connectivity index (χ4n) is 2.49. The summed E-state index contributed by atoms with van der Waals surface area (Å²) in [7, 11) is 0. The molecule has 1 saturated carbocycles. The van der Waals surface area contributed by atoms with Gasteiger partial charge in [0.2, 0.25) is 0 Å². The van der Waals surface area contributed by atoms with Gasteiger partial charge in [0.15, 0.2) is 0 Å². The second-order valence-electron chi connectivity index (χ2n) is 6.02. The van der Waals surface area contributed by atoms with E-state index in [4.69, 9.17) is 9.15 Å². The molecule has 0 atom stereocenters. The zero-order chi connectivity index (χ0) is 17.1. The molecule has 1 aromatic carbocycles. The van der Waals surface area contributed by atoms with E-state index in [0.29, 0.717) is 24.6 Å². The van der Waals surface area contributed by atoms with Gasteiger partial charge < -0.3 is 14.5 Å². The Morgan fingerprint density at radius 2 is 2.12 bits per heavy atom. The summed E-state index contributed by atoms with van der Waals surface area (Å²) in [5, 5.41) is 5.93. The van der Waals surface area contributed by atoms with E-state index in [9.17, 15) is 4.79 Å². The lowest BCUT2D eigenvalue weighted by molar-refractivity contribution is 0.0948. The van der Waals surface area contributed by atoms with Gasteiger partial charge >= 0.3 is 0 Å². The lowest BCUT2D eigenvalue weighted by Crippen LogP contribution is -2.22. The van der Waals surface area contributed by atoms with E-state index < -0.39 is 0 Å². The number of aromatic nitrogens is 1. The molecule has 0 unspecified atom stereocenters. The minimum absolute atomic E-state index is 0.142. The van der Waals surface area contributed by atoms with Gasteiger partial charge in [-0.2, -0.15) is 0 Å². The molecule has 0 radical (unpaired) electrons. The zero-order valence-electron chi connectivity index (χ0n) is 13.6. The van der Waals surface area contributed by atoms with Crippen LogP contribution in [0.15, 0.2) is 52.5 Å². The van der Waals surface area contributed by atoms with Crippen LogP contribution in [0.4, 0.5) is 0 Å². The summed E-state index contributed by atoms with van der Waals surface area (Å²) in [5.41, 5.74) is 1.79. The summed E-state index contributed by atoms with van der Waals surface area (Å²) in [4.78, 5) is 16.7. The molecule has 0 aliphatic heterocycles. The Hall–Kier alpha value is -2.60. The number of ether oxygens (including phenoxy) is 1. The fraction of sp³-hybridized carbons (Fsp3) is 0.263. The number of hydrogen-bond acceptors (Lipinski definition) is 5. The van der Waals surface area contributed by atoms with E-state index in [1.165, 1.54) is 18.5 Å². The van der Waals surface area contributed by atoms with Gasteiger partial charge in [-0.15, -0.1) is 11.3 Å². The van der Waals surface area contributed by atoms with Crippen LogP contribution in [0.5, 0.6) is 5.75 Å². The normalized spacial score (nSPS) is 13.6. The van der Waals surface area contributed by atoms with Crippen LogP contribution in [0.2, 0.25) is 0 Å². The number of nitrogens with one attached hydrogen (secondary N) is 1. The molecule has 1 N–H and O–H groups in total. The molecule has 6 heteroatoms. The number of nitrogens with zero attached hydrogens (tertiary/aromatic N) is 1. The van der Waals surface area contributed by atoms with Crippen LogP contribution < -0.4 is 10.1 Å². The Morgan fingerprint density at radius 1 is 1.28 bits per heavy atom. The highest BCUT2D eigenvalue weighted by Gasteiger charge is 2.25. The lowest BCUT2D eigenvalue weighted by atomic mass is 10.2. The van der Waals surface area contributed by atoms with E-state index in [1.54, 1.807) is 47.9 Å². The Morgan fingerprint density at radius 3 is 2.84 bits per heavy atom. The van der Waals surface area contributed by atoms with Crippen molar-refractivity contribution < 1.29 is 13.9 Å². The molecule has 3 aromatic rings. The minimum atomic E-state index is -0.142. The van der Waals surface area contributed by atoms with Gasteiger partial charge in [0, 0.05) is 16.9 Å². The van der Waals surface area contributed by atoms with E-state index in [0.717, 1.165) is 16.5 Å². The van der Waals surface area contributed by atoms with Gasteiger partial charge in [-0.25, -0.2) is 4.98 Å². The predicted octanol–water partition coefficient (Wildman–Crippen LogP) is 4.12. The van der Waals surface area contributed by atoms with Crippen LogP contribution >= 0.6 is 11.3 Å². The third kappa shape index (κ3) is 4.09. The van der Waals surface area contributed by atoms with Crippen LogP contribution in [0.1, 0.15) is 45.6 Å². The largest absolute Gasteiger partial charge is 0.486 e. The Kier molecular flexibility index (Phi) is 4.52. The number of carbonyl (C=O) groups is 1. The molecular formula is C19H18N2O3S. The van der Waals surface area contributed by atoms with Crippen LogP contribution in [0, 0.1) is 0 Å². The summed E-state index contributed by atoms with van der Waals surface area (Å²) in [5.74, 6) is 1.98. The number of carbonyl (C=O) groups excluding carboxylic acids is 1. The van der Waals surface area contributed by atoms with Crippen molar-refractivity contribution in [3.05, 3.63) is 70.1 Å². The molecule has 0 spiro atoms. The van der Waals surface area contributed by atoms with Crippen molar-refractivity contribution in [2.45, 2.75) is 31.9 Å². The topological polar surface area (TPSA) is 64.4 Å². The van der Waals surface area contributed by atoms with Crippen molar-refractivity contribution in [3.63, 3.8) is 0 Å². The second kappa shape index (κ2) is 7.11. The molecule has 2 aromatic heterocycles. The highest BCUT2D eigenvalue weighted by molar-refractivity contribution is 7.09. The smallest absolute Gasteiger partial charge is 0.251 e. The van der Waals surface area contributed by atoms with Gasteiger partial charge in [-0.05, 0) is 49.2 Å². The summed E-state index contributed by atoms with van der Waals surface area (Å²) in [6.07, 6.45) is 4.10. The molecular weight excluding hydrogens is 336 g/mol. The minimum Gasteiger partial charge on any atom is -0.486 e. The van der Waals surface area contributed by atoms with E-state index in [-0.39, 0.29) is 5.91 Å². The van der Waals surface area contributed by atoms with Crippen molar-refractivity contribution in [2.24, 2.45) is 0 Å². The maximum absolute atomic E-state index is 12.1. The van der Waals surface area contributed by atoms with Crippen molar-refractivity contribution in [2.75, 3.05) is 0 Å². The Bertz CT molecular complexity index is 836. The molecule has 25 heavy (non-hydrogen) atoms. The average Bonchev–Trinajstić information content (AvgIpc) is 3.17. The monoisotopic (exact) mass is 354 g/mol. The van der Waals surface area contributed by atoms with Gasteiger partial charge in [-0.1, -0.05) is 0 Å². The number of hydrogen-bond donors (Lipinski definition) is 1. The SMILES string of the molecule is O=C(NCc1ccco1)c1ccc(OCc2nc(C3CC3)cs2)cc1. The first-order chi connectivity index (χ1) is 12.3. The first-order valence-corrected chi connectivity index (χ1v) is 9.13. The standard InChI is InChI=1S/C19H18N2O3S/c22-19(20-10-16-2-1-9-23-16)14-5-7-15(8-6-14)24-11-18-21-17(12-25-18)13-3-4-13/h1-2,5-9,12-13H,3-4,10-11H2,(H,20,22). The maximum atomic E-state index is 12.1. The zero-order valence-corrected chi connectivity index (χ0v) is 14.4. The molecule has 5 nitrogen and oxygen atoms in total. The highest BCUT2D eigenvalue weighted by atomic mass is 32.1. The second-order valence-corrected chi connectivity index (χ2v) is 6.96. The van der Waals surface area contributed by atoms with Crippen LogP contribution in [0.25, 0.3) is 0 Å². The van der Waals surface area contributed by atoms with Crippen LogP contribution in [-0.4, -0.2) is 10.9 Å². The number of thiazole rings is 1. The Labute approximate surface area is 149 Å². The van der Waals surface area contributed by atoms with E-state index in [1.807, 2.05) is 6.07 Å². The van der Waals surface area contributed by atoms with Gasteiger partial charge in [0.25, 0.3) is 5.91 Å². The maximum Gasteiger partial charge on any atom is 0.251 e. The van der Waals surface area contributed by atoms with Crippen molar-refractivity contribution in [3.8, 4) is 5.75 Å². The quantitative estimate of drug-likeness (QED) is 0.693. The fourth-order valence-corrected chi connectivity index (χ4v) is 3.28. The summed E-state index contributed by atoms with van der Waals surface area (Å²) in [6.45, 7) is 0.832. The summed E-state index contributed by atoms with van der Waals surface area (Å²) < 4.78 is 11.0. The molecule has 128 valence electrons. The number of benzene rings is 1. The Balaban J connectivity index is 1.29. The first kappa shape index (κ1) is 15.9. The van der Waals surface area contributed by atoms with E-state index in [2.05, 4.69) is 15.7 Å². The molecule has 1 aliphatic rings. The van der Waals surface area contributed by atoms with Gasteiger partial charge in [-0.3, -0.25) is 4.79 Å². The number of amides is 1. The van der Waals surface area contributed by atoms with Crippen LogP contribution in [0.3, 0.4) is 0 Å². The number of furan rings is 1. The predicted molar refractivity (Wildman–Crippen MR) is 94.7 cm³/mol. The average molecular weight is 354 g/mol. The third-order valence-electron chi connectivity index (χ3n) is 4.05. The molecule has 2 heterocycles. The summed E-state index contributed by atoms with van der Waals surface area (Å²) >= 11 is 1.64. The molecule has 1 fully saturated rings. The van der Waals surface area contributed by atoms with Gasteiger partial charge in [0.1, 0.15) is 23.1 Å². The molecule has 1 amide bonds. The molecule has 0 bridgehead atoms. The van der Waals surface area contributed by atoms with Gasteiger partial charge in [0.05, 0.1) is 18.5 Å². The van der Waals surface area contributed by atoms with Crippen molar-refractivity contribution >= 4 is 17.2 Å². The molecule has 4 rings (SSSR count). The number of rotatable bonds is 7. The van der Waals surface area contributed by atoms with Crippen molar-refractivity contribution in [1.29, 1.82) is 0 Å².